The molecule has 1 saturated carbocycles. The van der Waals surface area contributed by atoms with Crippen molar-refractivity contribution < 1.29 is 14.2 Å². The van der Waals surface area contributed by atoms with Crippen LogP contribution in [-0.2, 0) is 0 Å². The normalized spacial score (nSPS) is 28.7. The summed E-state index contributed by atoms with van der Waals surface area (Å²) in [6.45, 7) is 4.84. The Morgan fingerprint density at radius 3 is 2.80 bits per heavy atom. The number of hydrogen-bond donors (Lipinski definition) is 1. The van der Waals surface area contributed by atoms with Crippen LogP contribution in [0.2, 0.25) is 0 Å². The van der Waals surface area contributed by atoms with Crippen LogP contribution >= 0.6 is 0 Å². The third-order valence-electron chi connectivity index (χ3n) is 4.46. The summed E-state index contributed by atoms with van der Waals surface area (Å²) in [4.78, 5) is 0. The zero-order valence-corrected chi connectivity index (χ0v) is 12.2. The van der Waals surface area contributed by atoms with Gasteiger partial charge in [-0.2, -0.15) is 0 Å². The Kier molecular flexibility index (Phi) is 3.74. The molecule has 2 aliphatic rings. The van der Waals surface area contributed by atoms with Crippen molar-refractivity contribution in [3.8, 4) is 17.2 Å². The first-order chi connectivity index (χ1) is 9.63. The maximum absolute atomic E-state index is 6.22. The molecule has 0 amide bonds. The molecule has 0 bridgehead atoms. The molecule has 1 heterocycles. The molecule has 3 rings (SSSR count). The maximum Gasteiger partial charge on any atom is 0.231 e. The van der Waals surface area contributed by atoms with Crippen LogP contribution in [0.4, 0.5) is 0 Å². The highest BCUT2D eigenvalue weighted by molar-refractivity contribution is 5.46. The largest absolute Gasteiger partial charge is 0.489 e. The summed E-state index contributed by atoms with van der Waals surface area (Å²) in [5.74, 6) is 3.75. The van der Waals surface area contributed by atoms with Crippen molar-refractivity contribution in [3.63, 3.8) is 0 Å². The molecule has 0 radical (unpaired) electrons. The molecule has 4 nitrogen and oxygen atoms in total. The number of ether oxygens (including phenoxy) is 3. The highest BCUT2D eigenvalue weighted by Gasteiger charge is 2.31. The predicted octanol–water partition coefficient (Wildman–Crippen LogP) is 2.95. The molecule has 20 heavy (non-hydrogen) atoms. The predicted molar refractivity (Wildman–Crippen MR) is 77.1 cm³/mol. The van der Waals surface area contributed by atoms with Crippen molar-refractivity contribution >= 4 is 0 Å². The first-order valence-electron chi connectivity index (χ1n) is 7.45. The van der Waals surface area contributed by atoms with Gasteiger partial charge in [0, 0.05) is 12.1 Å². The Hall–Kier alpha value is -1.42. The third-order valence-corrected chi connectivity index (χ3v) is 4.46. The lowest BCUT2D eigenvalue weighted by molar-refractivity contribution is 0.0866. The van der Waals surface area contributed by atoms with Crippen molar-refractivity contribution in [2.45, 2.75) is 45.3 Å². The molecule has 1 aliphatic heterocycles. The zero-order valence-electron chi connectivity index (χ0n) is 12.2. The molecule has 3 unspecified atom stereocenters. The van der Waals surface area contributed by atoms with E-state index in [4.69, 9.17) is 19.9 Å². The van der Waals surface area contributed by atoms with Gasteiger partial charge in [-0.3, -0.25) is 0 Å². The van der Waals surface area contributed by atoms with E-state index in [9.17, 15) is 0 Å². The van der Waals surface area contributed by atoms with E-state index in [0.29, 0.717) is 11.8 Å². The maximum atomic E-state index is 6.22. The van der Waals surface area contributed by atoms with E-state index in [2.05, 4.69) is 13.8 Å². The summed E-state index contributed by atoms with van der Waals surface area (Å²) in [5.41, 5.74) is 6.22. The topological polar surface area (TPSA) is 53.7 Å². The SMILES string of the molecule is CC(C)C1CCC(N)C(Oc2ccc3c(c2)OCO3)C1. The van der Waals surface area contributed by atoms with Gasteiger partial charge in [-0.15, -0.1) is 0 Å². The molecule has 0 spiro atoms. The number of nitrogens with two attached hydrogens (primary N) is 1. The lowest BCUT2D eigenvalue weighted by Gasteiger charge is -2.36. The Bertz CT molecular complexity index is 475. The van der Waals surface area contributed by atoms with Gasteiger partial charge in [0.25, 0.3) is 0 Å². The van der Waals surface area contributed by atoms with Gasteiger partial charge in [0.2, 0.25) is 6.79 Å². The Morgan fingerprint density at radius 1 is 1.20 bits per heavy atom. The first-order valence-corrected chi connectivity index (χ1v) is 7.45. The van der Waals surface area contributed by atoms with E-state index in [-0.39, 0.29) is 18.9 Å². The van der Waals surface area contributed by atoms with Crippen LogP contribution in [0.5, 0.6) is 17.2 Å². The van der Waals surface area contributed by atoms with Crippen molar-refractivity contribution in [3.05, 3.63) is 18.2 Å². The van der Waals surface area contributed by atoms with Gasteiger partial charge in [0.1, 0.15) is 11.9 Å². The fourth-order valence-corrected chi connectivity index (χ4v) is 3.05. The van der Waals surface area contributed by atoms with E-state index in [1.54, 1.807) is 0 Å². The molecule has 110 valence electrons. The summed E-state index contributed by atoms with van der Waals surface area (Å²) in [5, 5.41) is 0. The first kappa shape index (κ1) is 13.6. The fourth-order valence-electron chi connectivity index (χ4n) is 3.05. The Morgan fingerprint density at radius 2 is 2.00 bits per heavy atom. The molecule has 2 N–H and O–H groups in total. The van der Waals surface area contributed by atoms with Crippen LogP contribution in [0.15, 0.2) is 18.2 Å². The second-order valence-electron chi connectivity index (χ2n) is 6.15. The molecule has 0 aromatic heterocycles. The summed E-state index contributed by atoms with van der Waals surface area (Å²) in [6, 6.07) is 5.84. The van der Waals surface area contributed by atoms with Crippen LogP contribution in [-0.4, -0.2) is 18.9 Å². The Balaban J connectivity index is 1.69. The monoisotopic (exact) mass is 277 g/mol. The van der Waals surface area contributed by atoms with Crippen LogP contribution in [0.25, 0.3) is 0 Å². The highest BCUT2D eigenvalue weighted by atomic mass is 16.7. The van der Waals surface area contributed by atoms with Crippen molar-refractivity contribution in [2.24, 2.45) is 17.6 Å². The van der Waals surface area contributed by atoms with E-state index < -0.39 is 0 Å². The molecule has 4 heteroatoms. The van der Waals surface area contributed by atoms with Gasteiger partial charge >= 0.3 is 0 Å². The number of benzene rings is 1. The Labute approximate surface area is 120 Å². The molecule has 0 saturated heterocycles. The standard InChI is InChI=1S/C16H23NO3/c1-10(2)11-3-5-13(17)15(7-11)20-12-4-6-14-16(8-12)19-9-18-14/h4,6,8,10-11,13,15H,3,5,7,9,17H2,1-2H3. The fraction of sp³-hybridized carbons (Fsp3) is 0.625. The van der Waals surface area contributed by atoms with Crippen LogP contribution < -0.4 is 19.9 Å². The second-order valence-corrected chi connectivity index (χ2v) is 6.15. The quantitative estimate of drug-likeness (QED) is 0.923. The lowest BCUT2D eigenvalue weighted by atomic mass is 9.78. The molecular formula is C16H23NO3. The molecule has 1 aromatic rings. The minimum absolute atomic E-state index is 0.0940. The van der Waals surface area contributed by atoms with Crippen molar-refractivity contribution in [1.82, 2.24) is 0 Å². The van der Waals surface area contributed by atoms with E-state index in [0.717, 1.165) is 30.1 Å². The number of fused-ring (bicyclic) bond motifs is 1. The minimum atomic E-state index is 0.0940. The summed E-state index contributed by atoms with van der Waals surface area (Å²) >= 11 is 0. The molecule has 3 atom stereocenters. The van der Waals surface area contributed by atoms with Crippen molar-refractivity contribution in [2.75, 3.05) is 6.79 Å². The van der Waals surface area contributed by atoms with Gasteiger partial charge in [0.15, 0.2) is 11.5 Å². The third kappa shape index (κ3) is 2.70. The molecule has 1 fully saturated rings. The van der Waals surface area contributed by atoms with Crippen molar-refractivity contribution in [1.29, 1.82) is 0 Å². The van der Waals surface area contributed by atoms with Crippen LogP contribution in [0.3, 0.4) is 0 Å². The number of rotatable bonds is 3. The molecular weight excluding hydrogens is 254 g/mol. The van der Waals surface area contributed by atoms with Gasteiger partial charge < -0.3 is 19.9 Å². The van der Waals surface area contributed by atoms with Crippen LogP contribution in [0, 0.1) is 11.8 Å². The smallest absolute Gasteiger partial charge is 0.231 e. The van der Waals surface area contributed by atoms with Gasteiger partial charge in [-0.1, -0.05) is 13.8 Å². The van der Waals surface area contributed by atoms with Gasteiger partial charge in [-0.05, 0) is 43.2 Å². The van der Waals surface area contributed by atoms with Gasteiger partial charge in [0.05, 0.1) is 0 Å². The molecule has 1 aromatic carbocycles. The van der Waals surface area contributed by atoms with Gasteiger partial charge in [-0.25, -0.2) is 0 Å². The highest BCUT2D eigenvalue weighted by Crippen LogP contribution is 2.37. The van der Waals surface area contributed by atoms with E-state index in [1.165, 1.54) is 6.42 Å². The summed E-state index contributed by atoms with van der Waals surface area (Å²) < 4.78 is 16.8. The number of hydrogen-bond acceptors (Lipinski definition) is 4. The zero-order chi connectivity index (χ0) is 14.1. The average Bonchev–Trinajstić information content (AvgIpc) is 2.88. The van der Waals surface area contributed by atoms with E-state index in [1.807, 2.05) is 18.2 Å². The summed E-state index contributed by atoms with van der Waals surface area (Å²) in [7, 11) is 0. The summed E-state index contributed by atoms with van der Waals surface area (Å²) in [6.07, 6.45) is 3.38. The average molecular weight is 277 g/mol. The molecule has 1 aliphatic carbocycles. The minimum Gasteiger partial charge on any atom is -0.489 e. The van der Waals surface area contributed by atoms with Crippen LogP contribution in [0.1, 0.15) is 33.1 Å². The lowest BCUT2D eigenvalue weighted by Crippen LogP contribution is -2.44. The van der Waals surface area contributed by atoms with E-state index >= 15 is 0 Å². The second kappa shape index (κ2) is 5.52.